The molecule has 1 aliphatic carbocycles. The Morgan fingerprint density at radius 1 is 0.744 bits per heavy atom. The van der Waals surface area contributed by atoms with E-state index in [1.54, 1.807) is 19.1 Å². The summed E-state index contributed by atoms with van der Waals surface area (Å²) >= 11 is 0. The second kappa shape index (κ2) is 13.1. The number of ether oxygens (including phenoxy) is 2. The highest BCUT2D eigenvalue weighted by Gasteiger charge is 2.25. The van der Waals surface area contributed by atoms with E-state index >= 15 is 4.39 Å². The molecule has 3 aromatic carbocycles. The normalized spacial score (nSPS) is 15.3. The zero-order valence-electron chi connectivity index (χ0n) is 22.3. The molecule has 0 aliphatic heterocycles. The highest BCUT2D eigenvalue weighted by Crippen LogP contribution is 2.40. The lowest BCUT2D eigenvalue weighted by atomic mass is 9.82. The average Bonchev–Trinajstić information content (AvgIpc) is 2.94. The van der Waals surface area contributed by atoms with Crippen molar-refractivity contribution < 1.29 is 31.4 Å². The molecule has 0 aromatic heterocycles. The van der Waals surface area contributed by atoms with Crippen molar-refractivity contribution in [1.82, 2.24) is 0 Å². The van der Waals surface area contributed by atoms with Crippen molar-refractivity contribution in [3.8, 4) is 22.6 Å². The van der Waals surface area contributed by atoms with E-state index < -0.39 is 29.1 Å². The molecule has 4 rings (SSSR count). The predicted octanol–water partition coefficient (Wildman–Crippen LogP) is 9.76. The van der Waals surface area contributed by atoms with E-state index in [0.29, 0.717) is 31.4 Å². The first kappa shape index (κ1) is 28.7. The van der Waals surface area contributed by atoms with Crippen LogP contribution in [0.25, 0.3) is 16.7 Å². The van der Waals surface area contributed by atoms with Crippen molar-refractivity contribution in [3.63, 3.8) is 0 Å². The van der Waals surface area contributed by atoms with Gasteiger partial charge in [0.2, 0.25) is 11.6 Å². The highest BCUT2D eigenvalue weighted by atomic mass is 19.2. The van der Waals surface area contributed by atoms with Crippen molar-refractivity contribution >= 4 is 5.57 Å². The first-order chi connectivity index (χ1) is 18.8. The molecular weight excluding hydrogens is 511 g/mol. The Hall–Kier alpha value is -3.35. The van der Waals surface area contributed by atoms with Gasteiger partial charge in [-0.3, -0.25) is 0 Å². The highest BCUT2D eigenvalue weighted by molar-refractivity contribution is 5.72. The van der Waals surface area contributed by atoms with Crippen LogP contribution in [0.3, 0.4) is 0 Å². The van der Waals surface area contributed by atoms with Crippen LogP contribution in [0.2, 0.25) is 0 Å². The monoisotopic (exact) mass is 544 g/mol. The minimum Gasteiger partial charge on any atom is -0.491 e. The second-order valence-electron chi connectivity index (χ2n) is 9.76. The van der Waals surface area contributed by atoms with Crippen LogP contribution < -0.4 is 9.47 Å². The molecule has 0 amide bonds. The smallest absolute Gasteiger partial charge is 0.201 e. The molecule has 1 aliphatic rings. The summed E-state index contributed by atoms with van der Waals surface area (Å²) in [4.78, 5) is 0. The van der Waals surface area contributed by atoms with E-state index in [0.717, 1.165) is 31.3 Å². The van der Waals surface area contributed by atoms with Crippen molar-refractivity contribution in [1.29, 1.82) is 0 Å². The topological polar surface area (TPSA) is 18.5 Å². The van der Waals surface area contributed by atoms with Crippen LogP contribution in [0, 0.1) is 29.1 Å². The molecule has 2 nitrogen and oxygen atoms in total. The van der Waals surface area contributed by atoms with E-state index in [4.69, 9.17) is 9.47 Å². The van der Waals surface area contributed by atoms with Crippen LogP contribution in [0.1, 0.15) is 75.8 Å². The maximum Gasteiger partial charge on any atom is 0.201 e. The largest absolute Gasteiger partial charge is 0.491 e. The van der Waals surface area contributed by atoms with Crippen molar-refractivity contribution in [2.24, 2.45) is 0 Å². The van der Waals surface area contributed by atoms with Crippen LogP contribution in [0.15, 0.2) is 48.5 Å². The van der Waals surface area contributed by atoms with Gasteiger partial charge in [-0.2, -0.15) is 8.78 Å². The van der Waals surface area contributed by atoms with Gasteiger partial charge in [-0.25, -0.2) is 13.2 Å². The van der Waals surface area contributed by atoms with Gasteiger partial charge < -0.3 is 9.47 Å². The molecule has 0 radical (unpaired) electrons. The number of halogens is 5. The minimum absolute atomic E-state index is 0.0648. The molecule has 7 heteroatoms. The second-order valence-corrected chi connectivity index (χ2v) is 9.76. The molecule has 0 N–H and O–H groups in total. The molecule has 0 bridgehead atoms. The third kappa shape index (κ3) is 6.45. The summed E-state index contributed by atoms with van der Waals surface area (Å²) in [5, 5.41) is 0. The summed E-state index contributed by atoms with van der Waals surface area (Å²) in [6, 6.07) is 9.99. The van der Waals surface area contributed by atoms with Gasteiger partial charge in [0.25, 0.3) is 0 Å². The van der Waals surface area contributed by atoms with Gasteiger partial charge in [-0.1, -0.05) is 50.5 Å². The van der Waals surface area contributed by atoms with E-state index in [2.05, 4.69) is 6.92 Å². The molecular formula is C32H33F5O2. The lowest BCUT2D eigenvalue weighted by Crippen LogP contribution is -2.09. The van der Waals surface area contributed by atoms with E-state index in [1.807, 2.05) is 6.08 Å². The molecule has 3 aromatic rings. The van der Waals surface area contributed by atoms with Gasteiger partial charge >= 0.3 is 0 Å². The summed E-state index contributed by atoms with van der Waals surface area (Å²) in [6.07, 6.45) is 7.15. The Bertz CT molecular complexity index is 1330. The standard InChI is InChI=1S/C32H33F5O2/c1-3-5-6-7-18-39-28-17-14-24(29(34)32(28)37)21-10-8-20(9-11-21)23-13-12-22(19-26(23)33)25-15-16-27(38-4-2)31(36)30(25)35/h8,12-17,19,21H,3-7,9-11,18H2,1-2H3. The lowest BCUT2D eigenvalue weighted by molar-refractivity contribution is 0.284. The SMILES string of the molecule is CCCCCCOc1ccc(C2CC=C(c3ccc(-c4ccc(OCC)c(F)c4F)cc3F)CC2)c(F)c1F. The van der Waals surface area contributed by atoms with Gasteiger partial charge in [0.15, 0.2) is 23.1 Å². The number of hydrogen-bond acceptors (Lipinski definition) is 2. The Balaban J connectivity index is 1.46. The van der Waals surface area contributed by atoms with Gasteiger partial charge in [0.05, 0.1) is 13.2 Å². The van der Waals surface area contributed by atoms with Crippen LogP contribution in [-0.4, -0.2) is 13.2 Å². The average molecular weight is 545 g/mol. The van der Waals surface area contributed by atoms with Crippen LogP contribution >= 0.6 is 0 Å². The number of benzene rings is 3. The van der Waals surface area contributed by atoms with Gasteiger partial charge in [-0.05, 0) is 79.5 Å². The third-order valence-corrected chi connectivity index (χ3v) is 7.16. The fraction of sp³-hybridized carbons (Fsp3) is 0.375. The Kier molecular flexibility index (Phi) is 9.65. The zero-order chi connectivity index (χ0) is 27.9. The third-order valence-electron chi connectivity index (χ3n) is 7.16. The summed E-state index contributed by atoms with van der Waals surface area (Å²) in [5.74, 6) is -5.18. The maximum atomic E-state index is 15.1. The fourth-order valence-corrected chi connectivity index (χ4v) is 5.01. The summed E-state index contributed by atoms with van der Waals surface area (Å²) < 4.78 is 84.1. The molecule has 0 saturated heterocycles. The lowest BCUT2D eigenvalue weighted by Gasteiger charge is -2.24. The quantitative estimate of drug-likeness (QED) is 0.177. The van der Waals surface area contributed by atoms with Gasteiger partial charge in [0.1, 0.15) is 5.82 Å². The molecule has 39 heavy (non-hydrogen) atoms. The van der Waals surface area contributed by atoms with Gasteiger partial charge in [-0.15, -0.1) is 0 Å². The molecule has 208 valence electrons. The maximum absolute atomic E-state index is 15.1. The molecule has 0 saturated carbocycles. The molecule has 0 fully saturated rings. The van der Waals surface area contributed by atoms with Crippen LogP contribution in [0.4, 0.5) is 22.0 Å². The van der Waals surface area contributed by atoms with Crippen LogP contribution in [0.5, 0.6) is 11.5 Å². The van der Waals surface area contributed by atoms with Crippen molar-refractivity contribution in [2.75, 3.05) is 13.2 Å². The summed E-state index contributed by atoms with van der Waals surface area (Å²) in [6.45, 7) is 4.30. The summed E-state index contributed by atoms with van der Waals surface area (Å²) in [7, 11) is 0. The molecule has 0 heterocycles. The minimum atomic E-state index is -1.12. The molecule has 1 unspecified atom stereocenters. The number of unbranched alkanes of at least 4 members (excludes halogenated alkanes) is 3. The summed E-state index contributed by atoms with van der Waals surface area (Å²) in [5.41, 5.74) is 1.51. The van der Waals surface area contributed by atoms with Crippen molar-refractivity contribution in [3.05, 3.63) is 88.8 Å². The van der Waals surface area contributed by atoms with E-state index in [9.17, 15) is 17.6 Å². The Morgan fingerprint density at radius 3 is 2.15 bits per heavy atom. The zero-order valence-corrected chi connectivity index (χ0v) is 22.3. The molecule has 1 atom stereocenters. The van der Waals surface area contributed by atoms with E-state index in [1.165, 1.54) is 30.3 Å². The number of hydrogen-bond donors (Lipinski definition) is 0. The number of allylic oxidation sites excluding steroid dienone is 2. The first-order valence-corrected chi connectivity index (χ1v) is 13.6. The Morgan fingerprint density at radius 2 is 1.46 bits per heavy atom. The number of rotatable bonds is 11. The molecule has 0 spiro atoms. The predicted molar refractivity (Wildman–Crippen MR) is 143 cm³/mol. The first-order valence-electron chi connectivity index (χ1n) is 13.6. The fourth-order valence-electron chi connectivity index (χ4n) is 5.01. The van der Waals surface area contributed by atoms with Crippen LogP contribution in [-0.2, 0) is 0 Å². The van der Waals surface area contributed by atoms with E-state index in [-0.39, 0.29) is 40.7 Å². The van der Waals surface area contributed by atoms with Crippen molar-refractivity contribution in [2.45, 2.75) is 64.7 Å². The Labute approximate surface area is 226 Å². The van der Waals surface area contributed by atoms with Gasteiger partial charge in [0, 0.05) is 11.1 Å².